The van der Waals surface area contributed by atoms with Crippen LogP contribution < -0.4 is 15.4 Å². The summed E-state index contributed by atoms with van der Waals surface area (Å²) in [5.74, 6) is 0.530. The smallest absolute Gasteiger partial charge is 0.237 e. The van der Waals surface area contributed by atoms with E-state index in [9.17, 15) is 9.59 Å². The zero-order valence-corrected chi connectivity index (χ0v) is 14.6. The average Bonchev–Trinajstić information content (AvgIpc) is 2.55. The van der Waals surface area contributed by atoms with Crippen LogP contribution in [0.15, 0.2) is 53.4 Å². The van der Waals surface area contributed by atoms with Gasteiger partial charge < -0.3 is 15.4 Å². The van der Waals surface area contributed by atoms with E-state index in [-0.39, 0.29) is 17.1 Å². The second kappa shape index (κ2) is 8.40. The third-order valence-corrected chi connectivity index (χ3v) is 4.29. The van der Waals surface area contributed by atoms with Gasteiger partial charge in [-0.1, -0.05) is 6.07 Å². The van der Waals surface area contributed by atoms with E-state index in [0.29, 0.717) is 0 Å². The Morgan fingerprint density at radius 2 is 1.75 bits per heavy atom. The van der Waals surface area contributed by atoms with Crippen molar-refractivity contribution in [2.24, 2.45) is 0 Å². The van der Waals surface area contributed by atoms with Crippen LogP contribution in [0.3, 0.4) is 0 Å². The molecule has 0 aliphatic heterocycles. The molecule has 0 spiro atoms. The van der Waals surface area contributed by atoms with Crippen LogP contribution in [0.25, 0.3) is 0 Å². The summed E-state index contributed by atoms with van der Waals surface area (Å²) in [5, 5.41) is 5.33. The lowest BCUT2D eigenvalue weighted by atomic mass is 10.3. The van der Waals surface area contributed by atoms with Crippen LogP contribution >= 0.6 is 11.8 Å². The molecule has 0 heterocycles. The Hall–Kier alpha value is -2.47. The summed E-state index contributed by atoms with van der Waals surface area (Å²) in [6.07, 6.45) is 0. The quantitative estimate of drug-likeness (QED) is 0.783. The lowest BCUT2D eigenvalue weighted by Gasteiger charge is -2.13. The summed E-state index contributed by atoms with van der Waals surface area (Å²) in [5.41, 5.74) is 1.44. The van der Waals surface area contributed by atoms with Gasteiger partial charge in [-0.05, 0) is 49.4 Å². The minimum Gasteiger partial charge on any atom is -0.497 e. The van der Waals surface area contributed by atoms with Crippen LogP contribution in [0.2, 0.25) is 0 Å². The molecule has 0 bridgehead atoms. The van der Waals surface area contributed by atoms with Crippen molar-refractivity contribution in [3.05, 3.63) is 48.5 Å². The fourth-order valence-corrected chi connectivity index (χ4v) is 2.95. The van der Waals surface area contributed by atoms with Crippen molar-refractivity contribution in [1.29, 1.82) is 0 Å². The van der Waals surface area contributed by atoms with E-state index in [1.807, 2.05) is 31.2 Å². The maximum atomic E-state index is 12.3. The zero-order chi connectivity index (χ0) is 17.5. The van der Waals surface area contributed by atoms with Gasteiger partial charge in [-0.15, -0.1) is 11.8 Å². The lowest BCUT2D eigenvalue weighted by Crippen LogP contribution is -2.22. The number of benzene rings is 2. The molecule has 0 saturated carbocycles. The number of nitrogens with one attached hydrogen (secondary N) is 2. The van der Waals surface area contributed by atoms with E-state index in [2.05, 4.69) is 10.6 Å². The van der Waals surface area contributed by atoms with Gasteiger partial charge in [0.25, 0.3) is 0 Å². The van der Waals surface area contributed by atoms with Gasteiger partial charge in [0.2, 0.25) is 11.8 Å². The van der Waals surface area contributed by atoms with Crippen molar-refractivity contribution in [3.63, 3.8) is 0 Å². The maximum Gasteiger partial charge on any atom is 0.237 e. The summed E-state index contributed by atoms with van der Waals surface area (Å²) < 4.78 is 5.09. The van der Waals surface area contributed by atoms with Crippen molar-refractivity contribution < 1.29 is 14.3 Å². The number of ether oxygens (including phenoxy) is 1. The van der Waals surface area contributed by atoms with Gasteiger partial charge in [-0.3, -0.25) is 9.59 Å². The summed E-state index contributed by atoms with van der Waals surface area (Å²) in [6, 6.07) is 14.6. The Bertz CT molecular complexity index is 716. The molecule has 1 atom stereocenters. The second-order valence-corrected chi connectivity index (χ2v) is 6.60. The molecule has 24 heavy (non-hydrogen) atoms. The van der Waals surface area contributed by atoms with Gasteiger partial charge in [-0.25, -0.2) is 0 Å². The number of anilines is 2. The SMILES string of the molecule is COc1ccc(NC(=O)C(C)Sc2cccc(NC(C)=O)c2)cc1. The van der Waals surface area contributed by atoms with Crippen LogP contribution in [-0.4, -0.2) is 24.2 Å². The van der Waals surface area contributed by atoms with Crippen molar-refractivity contribution >= 4 is 35.0 Å². The molecule has 2 rings (SSSR count). The molecular weight excluding hydrogens is 324 g/mol. The Balaban J connectivity index is 1.96. The lowest BCUT2D eigenvalue weighted by molar-refractivity contribution is -0.115. The Morgan fingerprint density at radius 1 is 1.04 bits per heavy atom. The molecule has 0 fully saturated rings. The number of thioether (sulfide) groups is 1. The molecule has 6 heteroatoms. The second-order valence-electron chi connectivity index (χ2n) is 5.19. The molecular formula is C18H20N2O3S. The van der Waals surface area contributed by atoms with E-state index in [1.165, 1.54) is 18.7 Å². The number of carbonyl (C=O) groups excluding carboxylic acids is 2. The number of hydrogen-bond donors (Lipinski definition) is 2. The predicted octanol–water partition coefficient (Wildman–Crippen LogP) is 3.77. The molecule has 0 aliphatic rings. The molecule has 2 amide bonds. The number of amides is 2. The highest BCUT2D eigenvalue weighted by Crippen LogP contribution is 2.26. The molecule has 2 aromatic carbocycles. The maximum absolute atomic E-state index is 12.3. The molecule has 1 unspecified atom stereocenters. The minimum atomic E-state index is -0.278. The first kappa shape index (κ1) is 17.9. The first-order valence-corrected chi connectivity index (χ1v) is 8.35. The number of carbonyl (C=O) groups is 2. The highest BCUT2D eigenvalue weighted by molar-refractivity contribution is 8.00. The minimum absolute atomic E-state index is 0.0879. The van der Waals surface area contributed by atoms with E-state index in [1.54, 1.807) is 31.4 Å². The Kier molecular flexibility index (Phi) is 6.26. The van der Waals surface area contributed by atoms with E-state index < -0.39 is 0 Å². The van der Waals surface area contributed by atoms with E-state index in [4.69, 9.17) is 4.74 Å². The van der Waals surface area contributed by atoms with Gasteiger partial charge in [0.1, 0.15) is 5.75 Å². The highest BCUT2D eigenvalue weighted by atomic mass is 32.2. The van der Waals surface area contributed by atoms with Crippen LogP contribution in [0.4, 0.5) is 11.4 Å². The van der Waals surface area contributed by atoms with Crippen LogP contribution in [0.5, 0.6) is 5.75 Å². The predicted molar refractivity (Wildman–Crippen MR) is 97.7 cm³/mol. The first-order chi connectivity index (χ1) is 11.5. The summed E-state index contributed by atoms with van der Waals surface area (Å²) in [7, 11) is 1.60. The van der Waals surface area contributed by atoms with Gasteiger partial charge in [0.05, 0.1) is 12.4 Å². The van der Waals surface area contributed by atoms with Crippen LogP contribution in [0, 0.1) is 0 Å². The molecule has 0 aromatic heterocycles. The highest BCUT2D eigenvalue weighted by Gasteiger charge is 2.15. The Labute approximate surface area is 145 Å². The van der Waals surface area contributed by atoms with Crippen molar-refractivity contribution in [3.8, 4) is 5.75 Å². The van der Waals surface area contributed by atoms with Gasteiger partial charge in [0.15, 0.2) is 0 Å². The average molecular weight is 344 g/mol. The normalized spacial score (nSPS) is 11.5. The molecule has 5 nitrogen and oxygen atoms in total. The van der Waals surface area contributed by atoms with Gasteiger partial charge in [-0.2, -0.15) is 0 Å². The molecule has 2 aromatic rings. The van der Waals surface area contributed by atoms with Crippen LogP contribution in [0.1, 0.15) is 13.8 Å². The van der Waals surface area contributed by atoms with Crippen LogP contribution in [-0.2, 0) is 9.59 Å². The van der Waals surface area contributed by atoms with Gasteiger partial charge in [0, 0.05) is 23.2 Å². The zero-order valence-electron chi connectivity index (χ0n) is 13.8. The standard InChI is InChI=1S/C18H20N2O3S/c1-12(18(22)20-14-7-9-16(23-3)10-8-14)24-17-6-4-5-15(11-17)19-13(2)21/h4-12H,1-3H3,(H,19,21)(H,20,22). The number of hydrogen-bond acceptors (Lipinski definition) is 4. The molecule has 0 radical (unpaired) electrons. The Morgan fingerprint density at radius 3 is 2.38 bits per heavy atom. The molecule has 0 saturated heterocycles. The largest absolute Gasteiger partial charge is 0.497 e. The van der Waals surface area contributed by atoms with Crippen molar-refractivity contribution in [1.82, 2.24) is 0 Å². The molecule has 126 valence electrons. The summed E-state index contributed by atoms with van der Waals surface area (Å²) in [6.45, 7) is 3.30. The van der Waals surface area contributed by atoms with Crippen molar-refractivity contribution in [2.45, 2.75) is 24.0 Å². The van der Waals surface area contributed by atoms with E-state index in [0.717, 1.165) is 22.0 Å². The third kappa shape index (κ3) is 5.31. The first-order valence-electron chi connectivity index (χ1n) is 7.47. The topological polar surface area (TPSA) is 67.4 Å². The number of rotatable bonds is 6. The van der Waals surface area contributed by atoms with Gasteiger partial charge >= 0.3 is 0 Å². The third-order valence-electron chi connectivity index (χ3n) is 3.19. The molecule has 2 N–H and O–H groups in total. The fourth-order valence-electron chi connectivity index (χ4n) is 2.03. The summed E-state index contributed by atoms with van der Waals surface area (Å²) >= 11 is 1.43. The van der Waals surface area contributed by atoms with Crippen molar-refractivity contribution in [2.75, 3.05) is 17.7 Å². The summed E-state index contributed by atoms with van der Waals surface area (Å²) in [4.78, 5) is 24.3. The molecule has 0 aliphatic carbocycles. The number of methoxy groups -OCH3 is 1. The monoisotopic (exact) mass is 344 g/mol. The fraction of sp³-hybridized carbons (Fsp3) is 0.222. The van der Waals surface area contributed by atoms with E-state index >= 15 is 0 Å².